The van der Waals surface area contributed by atoms with Crippen LogP contribution in [0, 0.1) is 17.0 Å². The highest BCUT2D eigenvalue weighted by molar-refractivity contribution is 5.57. The number of nitro benzene ring substituents is 1. The first-order valence-electron chi connectivity index (χ1n) is 5.39. The number of hydrogen-bond acceptors (Lipinski definition) is 4. The molecule has 0 amide bonds. The Morgan fingerprint density at radius 1 is 1.56 bits per heavy atom. The van der Waals surface area contributed by atoms with Crippen molar-refractivity contribution in [1.29, 1.82) is 0 Å². The molecule has 0 aliphatic carbocycles. The molecule has 1 aliphatic rings. The van der Waals surface area contributed by atoms with Gasteiger partial charge in [-0.1, -0.05) is 6.07 Å². The van der Waals surface area contributed by atoms with Crippen molar-refractivity contribution in [3.8, 4) is 0 Å². The van der Waals surface area contributed by atoms with E-state index in [2.05, 4.69) is 10.6 Å². The molecule has 1 atom stereocenters. The maximum Gasteiger partial charge on any atom is 0.271 e. The van der Waals surface area contributed by atoms with Crippen molar-refractivity contribution < 1.29 is 4.92 Å². The number of anilines is 1. The van der Waals surface area contributed by atoms with Crippen molar-refractivity contribution in [2.75, 3.05) is 18.4 Å². The molecule has 1 fully saturated rings. The van der Waals surface area contributed by atoms with Crippen molar-refractivity contribution in [1.82, 2.24) is 5.32 Å². The fraction of sp³-hybridized carbons (Fsp3) is 0.455. The number of nitrogens with zero attached hydrogens (tertiary/aromatic N) is 1. The summed E-state index contributed by atoms with van der Waals surface area (Å²) >= 11 is 0. The minimum atomic E-state index is -0.364. The van der Waals surface area contributed by atoms with Gasteiger partial charge in [0.25, 0.3) is 5.69 Å². The van der Waals surface area contributed by atoms with Crippen LogP contribution in [0.5, 0.6) is 0 Å². The van der Waals surface area contributed by atoms with Crippen LogP contribution in [0.3, 0.4) is 0 Å². The summed E-state index contributed by atoms with van der Waals surface area (Å²) in [6.45, 7) is 3.88. The summed E-state index contributed by atoms with van der Waals surface area (Å²) in [6, 6.07) is 5.30. The van der Waals surface area contributed by atoms with Crippen molar-refractivity contribution >= 4 is 11.4 Å². The van der Waals surface area contributed by atoms with E-state index < -0.39 is 0 Å². The van der Waals surface area contributed by atoms with Crippen LogP contribution in [-0.2, 0) is 0 Å². The SMILES string of the molecule is Cc1ccc([N+](=O)[O-])cc1NC1CCNC1. The van der Waals surface area contributed by atoms with E-state index in [1.165, 1.54) is 6.07 Å². The number of non-ortho nitro benzene ring substituents is 1. The number of nitrogens with one attached hydrogen (secondary N) is 2. The summed E-state index contributed by atoms with van der Waals surface area (Å²) in [5, 5.41) is 17.3. The molecule has 1 aromatic carbocycles. The van der Waals surface area contributed by atoms with E-state index in [9.17, 15) is 10.1 Å². The molecule has 16 heavy (non-hydrogen) atoms. The maximum atomic E-state index is 10.7. The molecular weight excluding hydrogens is 206 g/mol. The fourth-order valence-corrected chi connectivity index (χ4v) is 1.88. The molecule has 86 valence electrons. The third kappa shape index (κ3) is 2.30. The van der Waals surface area contributed by atoms with Crippen LogP contribution >= 0.6 is 0 Å². The van der Waals surface area contributed by atoms with Crippen LogP contribution in [0.4, 0.5) is 11.4 Å². The Bertz CT molecular complexity index is 400. The van der Waals surface area contributed by atoms with Gasteiger partial charge in [-0.2, -0.15) is 0 Å². The molecule has 0 spiro atoms. The maximum absolute atomic E-state index is 10.7. The van der Waals surface area contributed by atoms with Gasteiger partial charge in [0, 0.05) is 30.4 Å². The van der Waals surface area contributed by atoms with Gasteiger partial charge in [-0.15, -0.1) is 0 Å². The highest BCUT2D eigenvalue weighted by Gasteiger charge is 2.16. The van der Waals surface area contributed by atoms with Gasteiger partial charge in [-0.25, -0.2) is 0 Å². The second-order valence-electron chi connectivity index (χ2n) is 4.09. The highest BCUT2D eigenvalue weighted by atomic mass is 16.6. The molecule has 1 unspecified atom stereocenters. The summed E-state index contributed by atoms with van der Waals surface area (Å²) < 4.78 is 0. The summed E-state index contributed by atoms with van der Waals surface area (Å²) in [7, 11) is 0. The number of hydrogen-bond donors (Lipinski definition) is 2. The zero-order chi connectivity index (χ0) is 11.5. The normalized spacial score (nSPS) is 19.7. The first kappa shape index (κ1) is 10.9. The minimum Gasteiger partial charge on any atom is -0.381 e. The molecule has 1 aromatic rings. The van der Waals surface area contributed by atoms with E-state index in [0.29, 0.717) is 6.04 Å². The topological polar surface area (TPSA) is 67.2 Å². The van der Waals surface area contributed by atoms with E-state index in [0.717, 1.165) is 30.8 Å². The van der Waals surface area contributed by atoms with Crippen molar-refractivity contribution in [3.05, 3.63) is 33.9 Å². The molecule has 1 saturated heterocycles. The smallest absolute Gasteiger partial charge is 0.271 e. The predicted molar refractivity (Wildman–Crippen MR) is 62.7 cm³/mol. The Balaban J connectivity index is 2.17. The summed E-state index contributed by atoms with van der Waals surface area (Å²) in [5.41, 5.74) is 2.04. The third-order valence-electron chi connectivity index (χ3n) is 2.85. The molecule has 0 saturated carbocycles. The lowest BCUT2D eigenvalue weighted by Gasteiger charge is -2.14. The quantitative estimate of drug-likeness (QED) is 0.602. The summed E-state index contributed by atoms with van der Waals surface area (Å²) in [6.07, 6.45) is 1.06. The van der Waals surface area contributed by atoms with Gasteiger partial charge >= 0.3 is 0 Å². The van der Waals surface area contributed by atoms with Crippen LogP contribution in [0.15, 0.2) is 18.2 Å². The molecule has 0 bridgehead atoms. The molecule has 5 nitrogen and oxygen atoms in total. The van der Waals surface area contributed by atoms with Crippen LogP contribution in [0.2, 0.25) is 0 Å². The van der Waals surface area contributed by atoms with E-state index >= 15 is 0 Å². The monoisotopic (exact) mass is 221 g/mol. The molecular formula is C11H15N3O2. The standard InChI is InChI=1S/C11H15N3O2/c1-8-2-3-10(14(15)16)6-11(8)13-9-4-5-12-7-9/h2-3,6,9,12-13H,4-5,7H2,1H3. The average Bonchev–Trinajstić information content (AvgIpc) is 2.73. The Hall–Kier alpha value is -1.62. The number of rotatable bonds is 3. The van der Waals surface area contributed by atoms with E-state index in [-0.39, 0.29) is 10.6 Å². The predicted octanol–water partition coefficient (Wildman–Crippen LogP) is 1.68. The largest absolute Gasteiger partial charge is 0.381 e. The lowest BCUT2D eigenvalue weighted by molar-refractivity contribution is -0.384. The molecule has 1 heterocycles. The van der Waals surface area contributed by atoms with Crippen LogP contribution in [0.25, 0.3) is 0 Å². The first-order chi connectivity index (χ1) is 7.66. The van der Waals surface area contributed by atoms with E-state index in [1.807, 2.05) is 6.92 Å². The first-order valence-corrected chi connectivity index (χ1v) is 5.39. The van der Waals surface area contributed by atoms with Crippen LogP contribution < -0.4 is 10.6 Å². The van der Waals surface area contributed by atoms with Gasteiger partial charge in [-0.05, 0) is 25.5 Å². The van der Waals surface area contributed by atoms with Gasteiger partial charge < -0.3 is 10.6 Å². The number of nitro groups is 1. The fourth-order valence-electron chi connectivity index (χ4n) is 1.88. The summed E-state index contributed by atoms with van der Waals surface area (Å²) in [4.78, 5) is 10.3. The molecule has 1 aliphatic heterocycles. The van der Waals surface area contributed by atoms with Gasteiger partial charge in [-0.3, -0.25) is 10.1 Å². The average molecular weight is 221 g/mol. The molecule has 5 heteroatoms. The number of aryl methyl sites for hydroxylation is 1. The zero-order valence-electron chi connectivity index (χ0n) is 9.19. The van der Waals surface area contributed by atoms with E-state index in [1.54, 1.807) is 12.1 Å². The molecule has 2 N–H and O–H groups in total. The Morgan fingerprint density at radius 2 is 2.38 bits per heavy atom. The van der Waals surface area contributed by atoms with Crippen molar-refractivity contribution in [3.63, 3.8) is 0 Å². The molecule has 0 radical (unpaired) electrons. The van der Waals surface area contributed by atoms with Gasteiger partial charge in [0.1, 0.15) is 0 Å². The molecule has 0 aromatic heterocycles. The second kappa shape index (κ2) is 4.49. The molecule has 2 rings (SSSR count). The van der Waals surface area contributed by atoms with Gasteiger partial charge in [0.05, 0.1) is 4.92 Å². The lowest BCUT2D eigenvalue weighted by atomic mass is 10.1. The van der Waals surface area contributed by atoms with Crippen LogP contribution in [-0.4, -0.2) is 24.1 Å². The Morgan fingerprint density at radius 3 is 3.00 bits per heavy atom. The van der Waals surface area contributed by atoms with E-state index in [4.69, 9.17) is 0 Å². The van der Waals surface area contributed by atoms with Crippen molar-refractivity contribution in [2.45, 2.75) is 19.4 Å². The third-order valence-corrected chi connectivity index (χ3v) is 2.85. The Labute approximate surface area is 94.0 Å². The second-order valence-corrected chi connectivity index (χ2v) is 4.09. The van der Waals surface area contributed by atoms with Crippen molar-refractivity contribution in [2.24, 2.45) is 0 Å². The minimum absolute atomic E-state index is 0.138. The lowest BCUT2D eigenvalue weighted by Crippen LogP contribution is -2.22. The van der Waals surface area contributed by atoms with Crippen LogP contribution in [0.1, 0.15) is 12.0 Å². The highest BCUT2D eigenvalue weighted by Crippen LogP contribution is 2.23. The zero-order valence-corrected chi connectivity index (χ0v) is 9.19. The number of benzene rings is 1. The van der Waals surface area contributed by atoms with Gasteiger partial charge in [0.15, 0.2) is 0 Å². The summed E-state index contributed by atoms with van der Waals surface area (Å²) in [5.74, 6) is 0. The van der Waals surface area contributed by atoms with Gasteiger partial charge in [0.2, 0.25) is 0 Å². The Kier molecular flexibility index (Phi) is 3.05.